The third kappa shape index (κ3) is 2.96. The van der Waals surface area contributed by atoms with Crippen LogP contribution in [0.2, 0.25) is 0 Å². The Bertz CT molecular complexity index is 380. The SMILES string of the molecule is OCc1cc(CF)nc(OC(F)(F)F)c1O. The number of hydrogen-bond acceptors (Lipinski definition) is 4. The molecule has 1 rings (SSSR count). The van der Waals surface area contributed by atoms with E-state index in [1.807, 2.05) is 0 Å². The normalized spacial score (nSPS) is 11.6. The Labute approximate surface area is 87.1 Å². The maximum atomic E-state index is 12.2. The van der Waals surface area contributed by atoms with E-state index in [2.05, 4.69) is 9.72 Å². The molecule has 0 aliphatic carbocycles. The van der Waals surface area contributed by atoms with Gasteiger partial charge in [0.05, 0.1) is 12.3 Å². The maximum Gasteiger partial charge on any atom is 0.574 e. The number of hydrogen-bond donors (Lipinski definition) is 2. The smallest absolute Gasteiger partial charge is 0.503 e. The van der Waals surface area contributed by atoms with E-state index in [0.29, 0.717) is 0 Å². The van der Waals surface area contributed by atoms with E-state index < -0.39 is 31.3 Å². The van der Waals surface area contributed by atoms with Gasteiger partial charge in [0.25, 0.3) is 5.88 Å². The lowest BCUT2D eigenvalue weighted by atomic mass is 10.2. The van der Waals surface area contributed by atoms with Crippen molar-refractivity contribution in [1.29, 1.82) is 0 Å². The van der Waals surface area contributed by atoms with Crippen LogP contribution in [-0.4, -0.2) is 21.6 Å². The van der Waals surface area contributed by atoms with Crippen molar-refractivity contribution >= 4 is 0 Å². The van der Waals surface area contributed by atoms with E-state index in [1.165, 1.54) is 0 Å². The zero-order chi connectivity index (χ0) is 12.3. The van der Waals surface area contributed by atoms with E-state index in [9.17, 15) is 22.7 Å². The van der Waals surface area contributed by atoms with E-state index in [1.54, 1.807) is 0 Å². The lowest BCUT2D eigenvalue weighted by Gasteiger charge is -2.12. The van der Waals surface area contributed by atoms with E-state index in [0.717, 1.165) is 6.07 Å². The highest BCUT2D eigenvalue weighted by Crippen LogP contribution is 2.33. The fraction of sp³-hybridized carbons (Fsp3) is 0.375. The van der Waals surface area contributed by atoms with Crippen LogP contribution in [-0.2, 0) is 13.3 Å². The number of ether oxygens (including phenoxy) is 1. The highest BCUT2D eigenvalue weighted by atomic mass is 19.4. The number of alkyl halides is 4. The fourth-order valence-corrected chi connectivity index (χ4v) is 0.992. The summed E-state index contributed by atoms with van der Waals surface area (Å²) in [5.41, 5.74) is -0.664. The number of nitrogens with zero attached hydrogens (tertiary/aromatic N) is 1. The zero-order valence-corrected chi connectivity index (χ0v) is 7.75. The summed E-state index contributed by atoms with van der Waals surface area (Å²) in [7, 11) is 0. The molecule has 1 heterocycles. The van der Waals surface area contributed by atoms with Crippen LogP contribution in [0.15, 0.2) is 6.07 Å². The minimum Gasteiger partial charge on any atom is -0.503 e. The van der Waals surface area contributed by atoms with Crippen LogP contribution < -0.4 is 4.74 Å². The lowest BCUT2D eigenvalue weighted by Crippen LogP contribution is -2.18. The van der Waals surface area contributed by atoms with Crippen molar-refractivity contribution in [1.82, 2.24) is 4.98 Å². The highest BCUT2D eigenvalue weighted by Gasteiger charge is 2.33. The molecule has 0 spiro atoms. The molecule has 1 aromatic heterocycles. The lowest BCUT2D eigenvalue weighted by molar-refractivity contribution is -0.276. The molecule has 0 aromatic carbocycles. The molecule has 0 fully saturated rings. The van der Waals surface area contributed by atoms with Crippen molar-refractivity contribution in [3.05, 3.63) is 17.3 Å². The van der Waals surface area contributed by atoms with Gasteiger partial charge in [0, 0.05) is 5.56 Å². The van der Waals surface area contributed by atoms with Crippen molar-refractivity contribution in [3.63, 3.8) is 0 Å². The van der Waals surface area contributed by atoms with Crippen LogP contribution in [0.4, 0.5) is 17.6 Å². The number of halogens is 4. The molecule has 0 unspecified atom stereocenters. The summed E-state index contributed by atoms with van der Waals surface area (Å²) in [5, 5.41) is 17.9. The molecule has 1 aromatic rings. The number of aromatic hydroxyl groups is 1. The predicted octanol–water partition coefficient (Wildman–Crippen LogP) is 1.65. The summed E-state index contributed by atoms with van der Waals surface area (Å²) in [6.07, 6.45) is -5.05. The van der Waals surface area contributed by atoms with Gasteiger partial charge in [0.1, 0.15) is 6.67 Å². The van der Waals surface area contributed by atoms with E-state index in [-0.39, 0.29) is 11.3 Å². The van der Waals surface area contributed by atoms with Crippen molar-refractivity contribution in [2.45, 2.75) is 19.6 Å². The molecule has 2 N–H and O–H groups in total. The third-order valence-electron chi connectivity index (χ3n) is 1.61. The quantitative estimate of drug-likeness (QED) is 0.790. The minimum atomic E-state index is -5.05. The summed E-state index contributed by atoms with van der Waals surface area (Å²) in [6.45, 7) is -1.89. The molecular formula is C8H7F4NO3. The second-order valence-corrected chi connectivity index (χ2v) is 2.77. The van der Waals surface area contributed by atoms with Gasteiger partial charge in [-0.2, -0.15) is 0 Å². The Morgan fingerprint density at radius 1 is 1.38 bits per heavy atom. The highest BCUT2D eigenvalue weighted by molar-refractivity contribution is 5.41. The van der Waals surface area contributed by atoms with Crippen LogP contribution in [0.25, 0.3) is 0 Å². The summed E-state index contributed by atoms with van der Waals surface area (Å²) < 4.78 is 51.2. The molecule has 0 atom stereocenters. The summed E-state index contributed by atoms with van der Waals surface area (Å²) in [6, 6.07) is 0.943. The van der Waals surface area contributed by atoms with Gasteiger partial charge in [-0.25, -0.2) is 9.37 Å². The molecule has 90 valence electrons. The fourth-order valence-electron chi connectivity index (χ4n) is 0.992. The summed E-state index contributed by atoms with van der Waals surface area (Å²) >= 11 is 0. The van der Waals surface area contributed by atoms with Crippen LogP contribution >= 0.6 is 0 Å². The second-order valence-electron chi connectivity index (χ2n) is 2.77. The predicted molar refractivity (Wildman–Crippen MR) is 43.3 cm³/mol. The first-order valence-electron chi connectivity index (χ1n) is 4.01. The minimum absolute atomic E-state index is 0.290. The van der Waals surface area contributed by atoms with Gasteiger partial charge in [-0.15, -0.1) is 13.2 Å². The van der Waals surface area contributed by atoms with Crippen LogP contribution in [0.1, 0.15) is 11.3 Å². The van der Waals surface area contributed by atoms with Crippen LogP contribution in [0, 0.1) is 0 Å². The molecule has 0 saturated carbocycles. The number of aliphatic hydroxyl groups is 1. The molecule has 4 nitrogen and oxygen atoms in total. The van der Waals surface area contributed by atoms with Crippen molar-refractivity contribution in [2.24, 2.45) is 0 Å². The van der Waals surface area contributed by atoms with Crippen molar-refractivity contribution < 1.29 is 32.5 Å². The van der Waals surface area contributed by atoms with Crippen molar-refractivity contribution in [3.8, 4) is 11.6 Å². The van der Waals surface area contributed by atoms with Gasteiger partial charge >= 0.3 is 6.36 Å². The Morgan fingerprint density at radius 2 is 2.00 bits per heavy atom. The standard InChI is InChI=1S/C8H7F4NO3/c9-2-5-1-4(3-14)6(15)7(13-5)16-8(10,11)12/h1,14-15H,2-3H2. The van der Waals surface area contributed by atoms with Gasteiger partial charge in [-0.05, 0) is 6.07 Å². The molecule has 0 bridgehead atoms. The first-order chi connectivity index (χ1) is 7.37. The number of aromatic nitrogens is 1. The van der Waals surface area contributed by atoms with Gasteiger partial charge < -0.3 is 14.9 Å². The molecule has 0 aliphatic rings. The largest absolute Gasteiger partial charge is 0.574 e. The molecule has 0 saturated heterocycles. The Hall–Kier alpha value is -1.57. The topological polar surface area (TPSA) is 62.6 Å². The van der Waals surface area contributed by atoms with Gasteiger partial charge in [-0.3, -0.25) is 0 Å². The van der Waals surface area contributed by atoms with E-state index in [4.69, 9.17) is 5.11 Å². The summed E-state index contributed by atoms with van der Waals surface area (Å²) in [5.74, 6) is -2.14. The zero-order valence-electron chi connectivity index (χ0n) is 7.75. The first-order valence-corrected chi connectivity index (χ1v) is 4.01. The average Bonchev–Trinajstić information content (AvgIpc) is 2.19. The maximum absolute atomic E-state index is 12.2. The summed E-state index contributed by atoms with van der Waals surface area (Å²) in [4.78, 5) is 3.11. The Balaban J connectivity index is 3.16. The molecule has 0 aliphatic heterocycles. The third-order valence-corrected chi connectivity index (χ3v) is 1.61. The van der Waals surface area contributed by atoms with E-state index >= 15 is 0 Å². The molecule has 8 heteroatoms. The molecule has 16 heavy (non-hydrogen) atoms. The number of aliphatic hydroxyl groups excluding tert-OH is 1. The van der Waals surface area contributed by atoms with Gasteiger partial charge in [-0.1, -0.05) is 0 Å². The first kappa shape index (κ1) is 12.5. The average molecular weight is 241 g/mol. The van der Waals surface area contributed by atoms with Crippen LogP contribution in [0.5, 0.6) is 11.6 Å². The Morgan fingerprint density at radius 3 is 2.44 bits per heavy atom. The number of pyridine rings is 1. The monoisotopic (exact) mass is 241 g/mol. The second kappa shape index (κ2) is 4.52. The van der Waals surface area contributed by atoms with Gasteiger partial charge in [0.2, 0.25) is 0 Å². The van der Waals surface area contributed by atoms with Crippen LogP contribution in [0.3, 0.4) is 0 Å². The number of rotatable bonds is 3. The Kier molecular flexibility index (Phi) is 3.53. The molecule has 0 radical (unpaired) electrons. The molecule has 0 amide bonds. The molecular weight excluding hydrogens is 234 g/mol. The van der Waals surface area contributed by atoms with Gasteiger partial charge in [0.15, 0.2) is 5.75 Å². The van der Waals surface area contributed by atoms with Crippen molar-refractivity contribution in [2.75, 3.05) is 0 Å².